The zero-order chi connectivity index (χ0) is 23.3. The Bertz CT molecular complexity index is 1210. The Balaban J connectivity index is 1.89. The zero-order valence-corrected chi connectivity index (χ0v) is 19.6. The fourth-order valence-corrected chi connectivity index (χ4v) is 4.47. The Labute approximate surface area is 189 Å². The molecule has 0 fully saturated rings. The van der Waals surface area contributed by atoms with Crippen molar-refractivity contribution >= 4 is 21.6 Å². The highest BCUT2D eigenvalue weighted by molar-refractivity contribution is 7.89. The number of anilines is 1. The van der Waals surface area contributed by atoms with Crippen molar-refractivity contribution in [2.75, 3.05) is 19.0 Å². The highest BCUT2D eigenvalue weighted by Gasteiger charge is 2.22. The van der Waals surface area contributed by atoms with Crippen LogP contribution in [0, 0.1) is 13.8 Å². The molecule has 3 aromatic carbocycles. The van der Waals surface area contributed by atoms with E-state index in [4.69, 9.17) is 4.74 Å². The molecule has 0 bridgehead atoms. The molecular formula is C25H28N2O4S. The summed E-state index contributed by atoms with van der Waals surface area (Å²) in [7, 11) is -2.17. The lowest BCUT2D eigenvalue weighted by Crippen LogP contribution is -2.27. The van der Waals surface area contributed by atoms with Gasteiger partial charge in [0.2, 0.25) is 10.0 Å². The van der Waals surface area contributed by atoms with E-state index in [0.29, 0.717) is 23.5 Å². The molecule has 0 aliphatic heterocycles. The lowest BCUT2D eigenvalue weighted by atomic mass is 10.1. The molecule has 0 radical (unpaired) electrons. The van der Waals surface area contributed by atoms with Gasteiger partial charge in [0.15, 0.2) is 0 Å². The van der Waals surface area contributed by atoms with Gasteiger partial charge in [0, 0.05) is 30.4 Å². The van der Waals surface area contributed by atoms with E-state index >= 15 is 0 Å². The third kappa shape index (κ3) is 5.36. The minimum Gasteiger partial charge on any atom is -0.494 e. The largest absolute Gasteiger partial charge is 0.494 e. The maximum absolute atomic E-state index is 12.9. The average Bonchev–Trinajstić information content (AvgIpc) is 2.78. The first-order valence-corrected chi connectivity index (χ1v) is 11.8. The number of benzene rings is 3. The van der Waals surface area contributed by atoms with Gasteiger partial charge in [-0.1, -0.05) is 30.3 Å². The highest BCUT2D eigenvalue weighted by atomic mass is 32.2. The summed E-state index contributed by atoms with van der Waals surface area (Å²) in [4.78, 5) is 13.1. The number of carbonyl (C=O) groups is 1. The Morgan fingerprint density at radius 3 is 2.41 bits per heavy atom. The molecule has 32 heavy (non-hydrogen) atoms. The van der Waals surface area contributed by atoms with Crippen molar-refractivity contribution in [1.82, 2.24) is 4.31 Å². The van der Waals surface area contributed by atoms with E-state index in [1.807, 2.05) is 39.0 Å². The number of hydrogen-bond donors (Lipinski definition) is 1. The van der Waals surface area contributed by atoms with E-state index in [1.54, 1.807) is 48.5 Å². The number of sulfonamides is 1. The molecule has 0 saturated carbocycles. The van der Waals surface area contributed by atoms with Gasteiger partial charge in [-0.2, -0.15) is 4.31 Å². The van der Waals surface area contributed by atoms with Gasteiger partial charge in [0.1, 0.15) is 5.75 Å². The second-order valence-electron chi connectivity index (χ2n) is 7.60. The van der Waals surface area contributed by atoms with Gasteiger partial charge in [-0.15, -0.1) is 0 Å². The summed E-state index contributed by atoms with van der Waals surface area (Å²) in [6.45, 7) is 6.25. The van der Waals surface area contributed by atoms with E-state index in [1.165, 1.54) is 11.4 Å². The van der Waals surface area contributed by atoms with Crippen LogP contribution in [0.3, 0.4) is 0 Å². The van der Waals surface area contributed by atoms with Gasteiger partial charge in [-0.05, 0) is 68.3 Å². The third-order valence-corrected chi connectivity index (χ3v) is 6.93. The molecule has 1 amide bonds. The number of aryl methyl sites for hydroxylation is 2. The first kappa shape index (κ1) is 23.5. The summed E-state index contributed by atoms with van der Waals surface area (Å²) in [5.41, 5.74) is 3.79. The number of amides is 1. The smallest absolute Gasteiger partial charge is 0.255 e. The predicted molar refractivity (Wildman–Crippen MR) is 127 cm³/mol. The van der Waals surface area contributed by atoms with E-state index in [-0.39, 0.29) is 17.3 Å². The SMILES string of the molecule is CCOc1ccc(C(=O)Nc2cc(C)ccc2C)cc1CN(C)S(=O)(=O)c1ccccc1. The van der Waals surface area contributed by atoms with Crippen molar-refractivity contribution in [3.63, 3.8) is 0 Å². The Kier molecular flexibility index (Phi) is 7.33. The van der Waals surface area contributed by atoms with Crippen molar-refractivity contribution in [1.29, 1.82) is 0 Å². The first-order chi connectivity index (χ1) is 15.2. The predicted octanol–water partition coefficient (Wildman–Crippen LogP) is 4.78. The monoisotopic (exact) mass is 452 g/mol. The van der Waals surface area contributed by atoms with Crippen molar-refractivity contribution < 1.29 is 17.9 Å². The average molecular weight is 453 g/mol. The minimum absolute atomic E-state index is 0.0666. The van der Waals surface area contributed by atoms with Crippen LogP contribution < -0.4 is 10.1 Å². The molecule has 6 nitrogen and oxygen atoms in total. The first-order valence-electron chi connectivity index (χ1n) is 10.4. The Morgan fingerprint density at radius 2 is 1.72 bits per heavy atom. The molecule has 3 rings (SSSR count). The Hall–Kier alpha value is -3.16. The van der Waals surface area contributed by atoms with Gasteiger partial charge in [0.05, 0.1) is 11.5 Å². The summed E-state index contributed by atoms with van der Waals surface area (Å²) in [5.74, 6) is 0.280. The molecule has 0 atom stereocenters. The van der Waals surface area contributed by atoms with E-state index in [2.05, 4.69) is 5.32 Å². The number of ether oxygens (including phenoxy) is 1. The van der Waals surface area contributed by atoms with Gasteiger partial charge < -0.3 is 10.1 Å². The van der Waals surface area contributed by atoms with Crippen LogP contribution >= 0.6 is 0 Å². The standard InChI is InChI=1S/C25H28N2O4S/c1-5-31-24-14-13-20(25(28)26-23-15-18(2)11-12-19(23)3)16-21(24)17-27(4)32(29,30)22-9-7-6-8-10-22/h6-16H,5,17H2,1-4H3,(H,26,28). The lowest BCUT2D eigenvalue weighted by molar-refractivity contribution is 0.102. The topological polar surface area (TPSA) is 75.7 Å². The minimum atomic E-state index is -3.68. The highest BCUT2D eigenvalue weighted by Crippen LogP contribution is 2.25. The summed E-state index contributed by atoms with van der Waals surface area (Å²) >= 11 is 0. The van der Waals surface area contributed by atoms with Crippen LogP contribution in [-0.2, 0) is 16.6 Å². The van der Waals surface area contributed by atoms with Crippen LogP contribution in [0.15, 0.2) is 71.6 Å². The van der Waals surface area contributed by atoms with Gasteiger partial charge in [0.25, 0.3) is 5.91 Å². The molecule has 7 heteroatoms. The van der Waals surface area contributed by atoms with E-state index in [9.17, 15) is 13.2 Å². The van der Waals surface area contributed by atoms with Gasteiger partial charge in [-0.3, -0.25) is 4.79 Å². The number of hydrogen-bond acceptors (Lipinski definition) is 4. The molecule has 0 spiro atoms. The molecule has 0 aliphatic rings. The number of rotatable bonds is 8. The van der Waals surface area contributed by atoms with Crippen LogP contribution in [0.2, 0.25) is 0 Å². The van der Waals surface area contributed by atoms with Gasteiger partial charge in [-0.25, -0.2) is 8.42 Å². The molecule has 3 aromatic rings. The summed E-state index contributed by atoms with van der Waals surface area (Å²) < 4.78 is 32.8. The van der Waals surface area contributed by atoms with Crippen LogP contribution in [0.4, 0.5) is 5.69 Å². The van der Waals surface area contributed by atoms with Crippen molar-refractivity contribution in [3.05, 3.63) is 89.0 Å². The van der Waals surface area contributed by atoms with E-state index in [0.717, 1.165) is 16.8 Å². The zero-order valence-electron chi connectivity index (χ0n) is 18.8. The maximum atomic E-state index is 12.9. The Morgan fingerprint density at radius 1 is 1.00 bits per heavy atom. The summed E-state index contributed by atoms with van der Waals surface area (Å²) in [6.07, 6.45) is 0. The molecule has 0 heterocycles. The van der Waals surface area contributed by atoms with Crippen LogP contribution in [0.1, 0.15) is 34.0 Å². The maximum Gasteiger partial charge on any atom is 0.255 e. The van der Waals surface area contributed by atoms with Crippen molar-refractivity contribution in [2.24, 2.45) is 0 Å². The molecule has 0 unspecified atom stereocenters. The van der Waals surface area contributed by atoms with Gasteiger partial charge >= 0.3 is 0 Å². The number of carbonyl (C=O) groups excluding carboxylic acids is 1. The molecular weight excluding hydrogens is 424 g/mol. The third-order valence-electron chi connectivity index (χ3n) is 5.11. The lowest BCUT2D eigenvalue weighted by Gasteiger charge is -2.20. The number of nitrogens with one attached hydrogen (secondary N) is 1. The molecule has 168 valence electrons. The number of nitrogens with zero attached hydrogens (tertiary/aromatic N) is 1. The van der Waals surface area contributed by atoms with Crippen LogP contribution in [0.25, 0.3) is 0 Å². The molecule has 0 aliphatic carbocycles. The molecule has 1 N–H and O–H groups in total. The fourth-order valence-electron chi connectivity index (χ4n) is 3.30. The normalized spacial score (nSPS) is 11.4. The summed E-state index contributed by atoms with van der Waals surface area (Å²) in [5, 5.41) is 2.94. The van der Waals surface area contributed by atoms with Crippen LogP contribution in [-0.4, -0.2) is 32.3 Å². The van der Waals surface area contributed by atoms with E-state index < -0.39 is 10.0 Å². The quantitative estimate of drug-likeness (QED) is 0.534. The second-order valence-corrected chi connectivity index (χ2v) is 9.65. The van der Waals surface area contributed by atoms with Crippen molar-refractivity contribution in [3.8, 4) is 5.75 Å². The molecule has 0 saturated heterocycles. The fraction of sp³-hybridized carbons (Fsp3) is 0.240. The molecule has 0 aromatic heterocycles. The van der Waals surface area contributed by atoms with Crippen molar-refractivity contribution in [2.45, 2.75) is 32.2 Å². The van der Waals surface area contributed by atoms with Crippen LogP contribution in [0.5, 0.6) is 5.75 Å². The second kappa shape index (κ2) is 9.97. The summed E-state index contributed by atoms with van der Waals surface area (Å²) in [6, 6.07) is 19.2.